The molecule has 1 amide bonds. The molecule has 122 valence electrons. The van der Waals surface area contributed by atoms with Gasteiger partial charge in [-0.15, -0.1) is 11.8 Å². The van der Waals surface area contributed by atoms with Crippen LogP contribution in [0.25, 0.3) is 0 Å². The molecule has 3 nitrogen and oxygen atoms in total. The molecule has 0 aliphatic carbocycles. The third-order valence-corrected chi connectivity index (χ3v) is 5.70. The van der Waals surface area contributed by atoms with E-state index in [9.17, 15) is 4.79 Å². The zero-order valence-corrected chi connectivity index (χ0v) is 14.9. The number of hydrogen-bond acceptors (Lipinski definition) is 3. The van der Waals surface area contributed by atoms with Gasteiger partial charge in [0.25, 0.3) is 0 Å². The first-order chi connectivity index (χ1) is 10.4. The summed E-state index contributed by atoms with van der Waals surface area (Å²) in [4.78, 5) is 15.7. The average molecular weight is 341 g/mol. The van der Waals surface area contributed by atoms with Crippen LogP contribution >= 0.6 is 23.4 Å². The fourth-order valence-electron chi connectivity index (χ4n) is 2.87. The van der Waals surface area contributed by atoms with Crippen LogP contribution in [0.1, 0.15) is 39.5 Å². The van der Waals surface area contributed by atoms with Gasteiger partial charge in [0.1, 0.15) is 0 Å². The van der Waals surface area contributed by atoms with Crippen LogP contribution in [-0.2, 0) is 4.79 Å². The maximum absolute atomic E-state index is 12.5. The minimum absolute atomic E-state index is 0.101. The van der Waals surface area contributed by atoms with E-state index in [0.29, 0.717) is 5.25 Å². The van der Waals surface area contributed by atoms with Gasteiger partial charge in [0, 0.05) is 28.3 Å². The molecule has 5 heteroatoms. The lowest BCUT2D eigenvalue weighted by molar-refractivity contribution is -0.137. The molecule has 1 aromatic rings. The predicted molar refractivity (Wildman–Crippen MR) is 94.4 cm³/mol. The van der Waals surface area contributed by atoms with Crippen LogP contribution in [0.2, 0.25) is 5.02 Å². The summed E-state index contributed by atoms with van der Waals surface area (Å²) >= 11 is 7.79. The number of nitrogens with zero attached hydrogens (tertiary/aromatic N) is 1. The first kappa shape index (κ1) is 17.6. The summed E-state index contributed by atoms with van der Waals surface area (Å²) in [7, 11) is 0. The molecule has 2 N–H and O–H groups in total. The molecule has 2 rings (SSSR count). The van der Waals surface area contributed by atoms with Crippen LogP contribution in [0.5, 0.6) is 0 Å². The highest BCUT2D eigenvalue weighted by molar-refractivity contribution is 8.00. The van der Waals surface area contributed by atoms with Crippen LogP contribution in [0.3, 0.4) is 0 Å². The van der Waals surface area contributed by atoms with E-state index in [2.05, 4.69) is 19.1 Å². The van der Waals surface area contributed by atoms with Crippen molar-refractivity contribution in [2.75, 3.05) is 13.1 Å². The first-order valence-corrected chi connectivity index (χ1v) is 9.18. The molecule has 0 radical (unpaired) electrons. The van der Waals surface area contributed by atoms with Crippen molar-refractivity contribution < 1.29 is 4.79 Å². The lowest BCUT2D eigenvalue weighted by atomic mass is 9.94. The van der Waals surface area contributed by atoms with E-state index < -0.39 is 5.54 Å². The number of benzene rings is 1. The molecular weight excluding hydrogens is 316 g/mol. The topological polar surface area (TPSA) is 46.3 Å². The van der Waals surface area contributed by atoms with Crippen molar-refractivity contribution in [3.05, 3.63) is 29.3 Å². The normalized spacial score (nSPS) is 19.0. The fraction of sp³-hybridized carbons (Fsp3) is 0.588. The summed E-state index contributed by atoms with van der Waals surface area (Å²) in [5, 5.41) is 1.32. The molecule has 1 aliphatic rings. The summed E-state index contributed by atoms with van der Waals surface area (Å²) in [6.45, 7) is 5.53. The Morgan fingerprint density at radius 1 is 1.36 bits per heavy atom. The number of nitrogens with two attached hydrogens (primary N) is 1. The lowest BCUT2D eigenvalue weighted by Gasteiger charge is -2.36. The third-order valence-electron chi connectivity index (χ3n) is 4.10. The Balaban J connectivity index is 1.85. The van der Waals surface area contributed by atoms with Crippen LogP contribution in [0, 0.1) is 0 Å². The van der Waals surface area contributed by atoms with Gasteiger partial charge in [-0.1, -0.05) is 24.9 Å². The van der Waals surface area contributed by atoms with E-state index in [-0.39, 0.29) is 5.91 Å². The Morgan fingerprint density at radius 3 is 2.50 bits per heavy atom. The summed E-state index contributed by atoms with van der Waals surface area (Å²) in [6.07, 6.45) is 3.70. The lowest BCUT2D eigenvalue weighted by Crippen LogP contribution is -2.55. The van der Waals surface area contributed by atoms with Crippen molar-refractivity contribution in [1.29, 1.82) is 0 Å². The largest absolute Gasteiger partial charge is 0.341 e. The van der Waals surface area contributed by atoms with Crippen LogP contribution < -0.4 is 5.73 Å². The number of thioether (sulfide) groups is 1. The number of rotatable bonds is 5. The number of likely N-dealkylation sites (tertiary alicyclic amines) is 1. The molecule has 1 atom stereocenters. The quantitative estimate of drug-likeness (QED) is 0.883. The molecule has 1 saturated heterocycles. The van der Waals surface area contributed by atoms with E-state index in [1.807, 2.05) is 35.7 Å². The monoisotopic (exact) mass is 340 g/mol. The molecule has 0 aromatic heterocycles. The Kier molecular flexibility index (Phi) is 6.18. The smallest absolute Gasteiger partial charge is 0.242 e. The zero-order chi connectivity index (χ0) is 16.2. The molecule has 1 heterocycles. The predicted octanol–water partition coefficient (Wildman–Crippen LogP) is 3.94. The van der Waals surface area contributed by atoms with E-state index in [1.54, 1.807) is 0 Å². The zero-order valence-electron chi connectivity index (χ0n) is 13.3. The minimum Gasteiger partial charge on any atom is -0.341 e. The first-order valence-electron chi connectivity index (χ1n) is 7.93. The molecular formula is C17H25ClN2OS. The van der Waals surface area contributed by atoms with Crippen molar-refractivity contribution in [1.82, 2.24) is 4.90 Å². The van der Waals surface area contributed by atoms with Gasteiger partial charge in [0.05, 0.1) is 5.54 Å². The molecule has 0 bridgehead atoms. The van der Waals surface area contributed by atoms with Gasteiger partial charge in [-0.3, -0.25) is 4.79 Å². The Labute approximate surface area is 142 Å². The number of amides is 1. The standard InChI is InChI=1S/C17H25ClN2OS/c1-3-10-17(2,19)16(21)20-11-8-15(9-12-20)22-14-6-4-13(18)5-7-14/h4-7,15H,3,8-12,19H2,1-2H3. The number of hydrogen-bond donors (Lipinski definition) is 1. The molecule has 0 spiro atoms. The number of piperidine rings is 1. The molecule has 1 unspecified atom stereocenters. The Hall–Kier alpha value is -0.710. The van der Waals surface area contributed by atoms with Crippen molar-refractivity contribution in [2.45, 2.75) is 55.2 Å². The molecule has 22 heavy (non-hydrogen) atoms. The Morgan fingerprint density at radius 2 is 1.95 bits per heavy atom. The molecule has 1 fully saturated rings. The summed E-state index contributed by atoms with van der Waals surface area (Å²) in [6, 6.07) is 7.96. The second kappa shape index (κ2) is 7.71. The highest BCUT2D eigenvalue weighted by Gasteiger charge is 2.33. The van der Waals surface area contributed by atoms with Crippen LogP contribution in [0.15, 0.2) is 29.2 Å². The van der Waals surface area contributed by atoms with Gasteiger partial charge in [-0.05, 0) is 50.5 Å². The van der Waals surface area contributed by atoms with Crippen molar-refractivity contribution >= 4 is 29.3 Å². The summed E-state index contributed by atoms with van der Waals surface area (Å²) < 4.78 is 0. The highest BCUT2D eigenvalue weighted by atomic mass is 35.5. The number of halogens is 1. The molecule has 1 aliphatic heterocycles. The van der Waals surface area contributed by atoms with Crippen molar-refractivity contribution in [2.24, 2.45) is 5.73 Å². The van der Waals surface area contributed by atoms with Crippen molar-refractivity contribution in [3.63, 3.8) is 0 Å². The van der Waals surface area contributed by atoms with Gasteiger partial charge in [-0.25, -0.2) is 0 Å². The van der Waals surface area contributed by atoms with Gasteiger partial charge in [0.15, 0.2) is 0 Å². The average Bonchev–Trinajstić information content (AvgIpc) is 2.49. The SMILES string of the molecule is CCCC(C)(N)C(=O)N1CCC(Sc2ccc(Cl)cc2)CC1. The maximum atomic E-state index is 12.5. The summed E-state index contributed by atoms with van der Waals surface area (Å²) in [5.41, 5.74) is 5.45. The second-order valence-electron chi connectivity index (χ2n) is 6.23. The number of carbonyl (C=O) groups excluding carboxylic acids is 1. The number of carbonyl (C=O) groups is 1. The van der Waals surface area contributed by atoms with Crippen molar-refractivity contribution in [3.8, 4) is 0 Å². The molecule has 0 saturated carbocycles. The van der Waals surface area contributed by atoms with E-state index >= 15 is 0 Å². The van der Waals surface area contributed by atoms with Crippen LogP contribution in [0.4, 0.5) is 0 Å². The Bertz CT molecular complexity index is 496. The third kappa shape index (κ3) is 4.64. The van der Waals surface area contributed by atoms with Gasteiger partial charge < -0.3 is 10.6 Å². The summed E-state index contributed by atoms with van der Waals surface area (Å²) in [5.74, 6) is 0.101. The highest BCUT2D eigenvalue weighted by Crippen LogP contribution is 2.31. The van der Waals surface area contributed by atoms with E-state index in [0.717, 1.165) is 43.8 Å². The van der Waals surface area contributed by atoms with Crippen LogP contribution in [-0.4, -0.2) is 34.7 Å². The van der Waals surface area contributed by atoms with Gasteiger partial charge >= 0.3 is 0 Å². The van der Waals surface area contributed by atoms with Gasteiger partial charge in [-0.2, -0.15) is 0 Å². The van der Waals surface area contributed by atoms with E-state index in [4.69, 9.17) is 17.3 Å². The van der Waals surface area contributed by atoms with Gasteiger partial charge in [0.2, 0.25) is 5.91 Å². The fourth-order valence-corrected chi connectivity index (χ4v) is 4.12. The maximum Gasteiger partial charge on any atom is 0.242 e. The second-order valence-corrected chi connectivity index (χ2v) is 8.04. The molecule has 1 aromatic carbocycles. The van der Waals surface area contributed by atoms with E-state index in [1.165, 1.54) is 4.90 Å². The minimum atomic E-state index is -0.717.